The number of nitrogens with zero attached hydrogens (tertiary/aromatic N) is 1. The lowest BCUT2D eigenvalue weighted by Gasteiger charge is -2.18. The standard InChI is InChI=1S/C9H14N2S2/c10-5-7-6-13-9(11-7)8-3-1-2-4-12-8/h6,8H,1-5,10H2. The second-order valence-electron chi connectivity index (χ2n) is 3.24. The summed E-state index contributed by atoms with van der Waals surface area (Å²) in [4.78, 5) is 4.53. The largest absolute Gasteiger partial charge is 0.325 e. The van der Waals surface area contributed by atoms with Crippen LogP contribution in [0.5, 0.6) is 0 Å². The van der Waals surface area contributed by atoms with Crippen LogP contribution in [-0.4, -0.2) is 10.7 Å². The molecule has 0 aliphatic carbocycles. The predicted molar refractivity (Wildman–Crippen MR) is 59.1 cm³/mol. The molecule has 1 aromatic rings. The number of hydrogen-bond acceptors (Lipinski definition) is 4. The van der Waals surface area contributed by atoms with Crippen LogP contribution < -0.4 is 5.73 Å². The molecule has 2 heterocycles. The third kappa shape index (κ3) is 2.24. The highest BCUT2D eigenvalue weighted by Crippen LogP contribution is 2.39. The molecule has 1 fully saturated rings. The minimum Gasteiger partial charge on any atom is -0.325 e. The third-order valence-corrected chi connectivity index (χ3v) is 4.78. The lowest BCUT2D eigenvalue weighted by atomic mass is 10.2. The smallest absolute Gasteiger partial charge is 0.106 e. The van der Waals surface area contributed by atoms with Gasteiger partial charge in [0.2, 0.25) is 0 Å². The molecule has 0 saturated carbocycles. The topological polar surface area (TPSA) is 38.9 Å². The lowest BCUT2D eigenvalue weighted by molar-refractivity contribution is 0.682. The first-order chi connectivity index (χ1) is 6.40. The van der Waals surface area contributed by atoms with E-state index in [0.29, 0.717) is 11.8 Å². The molecule has 0 amide bonds. The van der Waals surface area contributed by atoms with Gasteiger partial charge in [-0.05, 0) is 18.6 Å². The quantitative estimate of drug-likeness (QED) is 0.822. The van der Waals surface area contributed by atoms with Crippen molar-refractivity contribution < 1.29 is 0 Å². The molecule has 1 atom stereocenters. The van der Waals surface area contributed by atoms with Gasteiger partial charge in [0.05, 0.1) is 10.9 Å². The summed E-state index contributed by atoms with van der Waals surface area (Å²) in [6.45, 7) is 0.577. The summed E-state index contributed by atoms with van der Waals surface area (Å²) in [5.41, 5.74) is 6.58. The molecule has 1 aliphatic heterocycles. The SMILES string of the molecule is NCc1csc(C2CCCCS2)n1. The first-order valence-electron chi connectivity index (χ1n) is 4.66. The summed E-state index contributed by atoms with van der Waals surface area (Å²) in [6.07, 6.45) is 4.02. The van der Waals surface area contributed by atoms with E-state index in [0.717, 1.165) is 5.69 Å². The predicted octanol–water partition coefficient (Wildman–Crippen LogP) is 2.56. The molecule has 1 aromatic heterocycles. The van der Waals surface area contributed by atoms with Crippen molar-refractivity contribution in [3.63, 3.8) is 0 Å². The molecular formula is C9H14N2S2. The lowest BCUT2D eigenvalue weighted by Crippen LogP contribution is -2.02. The Labute approximate surface area is 86.9 Å². The highest BCUT2D eigenvalue weighted by Gasteiger charge is 2.18. The van der Waals surface area contributed by atoms with Crippen molar-refractivity contribution in [1.29, 1.82) is 0 Å². The molecule has 4 heteroatoms. The van der Waals surface area contributed by atoms with Crippen LogP contribution in [0.15, 0.2) is 5.38 Å². The van der Waals surface area contributed by atoms with Crippen LogP contribution in [0.3, 0.4) is 0 Å². The Morgan fingerprint density at radius 2 is 2.46 bits per heavy atom. The van der Waals surface area contributed by atoms with Crippen molar-refractivity contribution >= 4 is 23.1 Å². The van der Waals surface area contributed by atoms with E-state index >= 15 is 0 Å². The number of nitrogens with two attached hydrogens (primary N) is 1. The molecule has 1 unspecified atom stereocenters. The van der Waals surface area contributed by atoms with Crippen molar-refractivity contribution in [2.75, 3.05) is 5.75 Å². The summed E-state index contributed by atoms with van der Waals surface area (Å²) in [5.74, 6) is 1.29. The van der Waals surface area contributed by atoms with Crippen molar-refractivity contribution in [2.45, 2.75) is 31.1 Å². The molecule has 2 nitrogen and oxygen atoms in total. The van der Waals surface area contributed by atoms with E-state index in [2.05, 4.69) is 10.4 Å². The molecule has 72 valence electrons. The Morgan fingerprint density at radius 3 is 3.08 bits per heavy atom. The van der Waals surface area contributed by atoms with Crippen LogP contribution in [-0.2, 0) is 6.54 Å². The van der Waals surface area contributed by atoms with Crippen LogP contribution >= 0.6 is 23.1 Å². The Hall–Kier alpha value is -0.0600. The van der Waals surface area contributed by atoms with Gasteiger partial charge in [0.25, 0.3) is 0 Å². The van der Waals surface area contributed by atoms with Gasteiger partial charge in [-0.2, -0.15) is 11.8 Å². The molecule has 0 bridgehead atoms. The number of aromatic nitrogens is 1. The van der Waals surface area contributed by atoms with Gasteiger partial charge in [-0.3, -0.25) is 0 Å². The minimum absolute atomic E-state index is 0.577. The molecule has 0 radical (unpaired) electrons. The first kappa shape index (κ1) is 9.49. The van der Waals surface area contributed by atoms with Crippen LogP contribution in [0.1, 0.15) is 35.2 Å². The normalized spacial score (nSPS) is 23.3. The fourth-order valence-corrected chi connectivity index (χ4v) is 3.90. The highest BCUT2D eigenvalue weighted by molar-refractivity contribution is 7.99. The molecule has 1 saturated heterocycles. The van der Waals surface area contributed by atoms with Gasteiger partial charge >= 0.3 is 0 Å². The minimum atomic E-state index is 0.577. The molecule has 0 spiro atoms. The fraction of sp³-hybridized carbons (Fsp3) is 0.667. The number of rotatable bonds is 2. The molecule has 2 rings (SSSR count). The van der Waals surface area contributed by atoms with Gasteiger partial charge < -0.3 is 5.73 Å². The maximum absolute atomic E-state index is 5.53. The van der Waals surface area contributed by atoms with E-state index in [1.807, 2.05) is 11.8 Å². The second-order valence-corrected chi connectivity index (χ2v) is 5.44. The fourth-order valence-electron chi connectivity index (χ4n) is 1.50. The molecule has 1 aliphatic rings. The van der Waals surface area contributed by atoms with Gasteiger partial charge in [0.1, 0.15) is 5.01 Å². The monoisotopic (exact) mass is 214 g/mol. The maximum atomic E-state index is 5.53. The van der Waals surface area contributed by atoms with Crippen LogP contribution in [0.2, 0.25) is 0 Å². The van der Waals surface area contributed by atoms with Gasteiger partial charge in [-0.15, -0.1) is 11.3 Å². The average molecular weight is 214 g/mol. The van der Waals surface area contributed by atoms with Gasteiger partial charge in [0, 0.05) is 11.9 Å². The van der Waals surface area contributed by atoms with Crippen LogP contribution in [0.25, 0.3) is 0 Å². The van der Waals surface area contributed by atoms with Crippen LogP contribution in [0.4, 0.5) is 0 Å². The summed E-state index contributed by atoms with van der Waals surface area (Å²) in [7, 11) is 0. The van der Waals surface area contributed by atoms with Gasteiger partial charge in [-0.1, -0.05) is 6.42 Å². The highest BCUT2D eigenvalue weighted by atomic mass is 32.2. The summed E-state index contributed by atoms with van der Waals surface area (Å²) in [5, 5.41) is 4.02. The first-order valence-corrected chi connectivity index (χ1v) is 6.59. The van der Waals surface area contributed by atoms with Gasteiger partial charge in [0.15, 0.2) is 0 Å². The van der Waals surface area contributed by atoms with Crippen molar-refractivity contribution in [3.8, 4) is 0 Å². The van der Waals surface area contributed by atoms with Gasteiger partial charge in [-0.25, -0.2) is 4.98 Å². The Kier molecular flexibility index (Phi) is 3.24. The molecular weight excluding hydrogens is 200 g/mol. The van der Waals surface area contributed by atoms with Crippen molar-refractivity contribution in [2.24, 2.45) is 5.73 Å². The van der Waals surface area contributed by atoms with E-state index < -0.39 is 0 Å². The summed E-state index contributed by atoms with van der Waals surface area (Å²) < 4.78 is 0. The summed E-state index contributed by atoms with van der Waals surface area (Å²) in [6, 6.07) is 0. The Bertz CT molecular complexity index is 266. The Morgan fingerprint density at radius 1 is 1.54 bits per heavy atom. The number of hydrogen-bond donors (Lipinski definition) is 1. The Balaban J connectivity index is 2.05. The van der Waals surface area contributed by atoms with E-state index in [-0.39, 0.29) is 0 Å². The molecule has 0 aromatic carbocycles. The summed E-state index contributed by atoms with van der Waals surface area (Å²) >= 11 is 3.82. The van der Waals surface area contributed by atoms with E-state index in [1.54, 1.807) is 11.3 Å². The average Bonchev–Trinajstić information content (AvgIpc) is 2.67. The van der Waals surface area contributed by atoms with E-state index in [9.17, 15) is 0 Å². The van der Waals surface area contributed by atoms with Crippen molar-refractivity contribution in [1.82, 2.24) is 4.98 Å². The third-order valence-electron chi connectivity index (χ3n) is 2.23. The number of thioether (sulfide) groups is 1. The maximum Gasteiger partial charge on any atom is 0.106 e. The van der Waals surface area contributed by atoms with Crippen LogP contribution in [0, 0.1) is 0 Å². The van der Waals surface area contributed by atoms with E-state index in [4.69, 9.17) is 5.73 Å². The zero-order valence-corrected chi connectivity index (χ0v) is 9.16. The number of thiazole rings is 1. The zero-order chi connectivity index (χ0) is 9.10. The van der Waals surface area contributed by atoms with E-state index in [1.165, 1.54) is 30.0 Å². The molecule has 13 heavy (non-hydrogen) atoms. The molecule has 2 N–H and O–H groups in total. The zero-order valence-electron chi connectivity index (χ0n) is 7.53. The van der Waals surface area contributed by atoms with Crippen molar-refractivity contribution in [3.05, 3.63) is 16.1 Å². The second kappa shape index (κ2) is 4.44.